The molecule has 7 nitrogen and oxygen atoms in total. The van der Waals surface area contributed by atoms with E-state index in [1.807, 2.05) is 37.4 Å². The average molecular weight is 517 g/mol. The number of hydrogen-bond acceptors (Lipinski definition) is 9. The van der Waals surface area contributed by atoms with E-state index in [0.29, 0.717) is 23.4 Å². The second kappa shape index (κ2) is 10.8. The highest BCUT2D eigenvalue weighted by Crippen LogP contribution is 2.35. The van der Waals surface area contributed by atoms with Crippen molar-refractivity contribution < 1.29 is 4.74 Å². The van der Waals surface area contributed by atoms with Gasteiger partial charge in [0.15, 0.2) is 0 Å². The van der Waals surface area contributed by atoms with Crippen molar-refractivity contribution in [3.63, 3.8) is 0 Å². The number of thiophene rings is 1. The lowest BCUT2D eigenvalue weighted by atomic mass is 10.0. The lowest BCUT2D eigenvalue weighted by Gasteiger charge is -2.32. The van der Waals surface area contributed by atoms with Crippen molar-refractivity contribution in [2.45, 2.75) is 44.2 Å². The Morgan fingerprint density at radius 2 is 1.86 bits per heavy atom. The molecule has 9 heteroatoms. The number of piperidine rings is 1. The number of aromatic nitrogens is 2. The Kier molecular flexibility index (Phi) is 7.39. The SMILES string of the molecule is Cc1cc(C#N)cc(C)c1Oc1nc(NC2CCN(Cc3ccc(SN)cc3)CC2)nc2sccc12. The molecule has 0 spiro atoms. The van der Waals surface area contributed by atoms with Crippen molar-refractivity contribution in [1.82, 2.24) is 14.9 Å². The fourth-order valence-corrected chi connectivity index (χ4v) is 5.64. The molecular formula is C27H28N6OS2. The Morgan fingerprint density at radius 3 is 2.53 bits per heavy atom. The summed E-state index contributed by atoms with van der Waals surface area (Å²) in [6.07, 6.45) is 2.04. The predicted octanol–water partition coefficient (Wildman–Crippen LogP) is 6.01. The molecule has 0 aliphatic carbocycles. The number of aryl methyl sites for hydroxylation is 2. The number of rotatable bonds is 7. The highest BCUT2D eigenvalue weighted by Gasteiger charge is 2.21. The van der Waals surface area contributed by atoms with E-state index in [9.17, 15) is 5.26 Å². The van der Waals surface area contributed by atoms with E-state index in [4.69, 9.17) is 19.8 Å². The van der Waals surface area contributed by atoms with E-state index < -0.39 is 0 Å². The molecule has 0 saturated carbocycles. The molecule has 2 aromatic heterocycles. The Labute approximate surface area is 219 Å². The highest BCUT2D eigenvalue weighted by atomic mass is 32.2. The zero-order valence-corrected chi connectivity index (χ0v) is 22.0. The van der Waals surface area contributed by atoms with Gasteiger partial charge in [-0.1, -0.05) is 12.1 Å². The highest BCUT2D eigenvalue weighted by molar-refractivity contribution is 7.97. The van der Waals surface area contributed by atoms with Crippen LogP contribution in [0.4, 0.5) is 5.95 Å². The summed E-state index contributed by atoms with van der Waals surface area (Å²) in [6.45, 7) is 6.88. The van der Waals surface area contributed by atoms with Crippen molar-refractivity contribution >= 4 is 39.4 Å². The number of hydrogen-bond donors (Lipinski definition) is 2. The smallest absolute Gasteiger partial charge is 0.232 e. The number of nitriles is 1. The summed E-state index contributed by atoms with van der Waals surface area (Å²) in [4.78, 5) is 14.0. The van der Waals surface area contributed by atoms with Crippen molar-refractivity contribution in [2.24, 2.45) is 5.14 Å². The topological polar surface area (TPSA) is 100 Å². The quantitative estimate of drug-likeness (QED) is 0.288. The molecule has 1 fully saturated rings. The summed E-state index contributed by atoms with van der Waals surface area (Å²) in [6, 6.07) is 16.6. The van der Waals surface area contributed by atoms with E-state index >= 15 is 0 Å². The van der Waals surface area contributed by atoms with Crippen LogP contribution in [0.25, 0.3) is 10.2 Å². The molecule has 0 bridgehead atoms. The molecule has 3 heterocycles. The molecule has 1 aliphatic heterocycles. The number of likely N-dealkylation sites (tertiary alicyclic amines) is 1. The molecule has 0 radical (unpaired) electrons. The van der Waals surface area contributed by atoms with E-state index in [0.717, 1.165) is 64.5 Å². The lowest BCUT2D eigenvalue weighted by molar-refractivity contribution is 0.211. The first-order chi connectivity index (χ1) is 17.5. The van der Waals surface area contributed by atoms with Gasteiger partial charge in [-0.3, -0.25) is 10.0 Å². The molecule has 5 rings (SSSR count). The molecule has 4 aromatic rings. The van der Waals surface area contributed by atoms with Crippen LogP contribution in [0.3, 0.4) is 0 Å². The molecule has 3 N–H and O–H groups in total. The maximum absolute atomic E-state index is 9.26. The first-order valence-corrected chi connectivity index (χ1v) is 13.7. The second-order valence-electron chi connectivity index (χ2n) is 9.10. The molecule has 0 unspecified atom stereocenters. The Bertz CT molecular complexity index is 1380. The van der Waals surface area contributed by atoms with Crippen LogP contribution in [0, 0.1) is 25.2 Å². The van der Waals surface area contributed by atoms with Gasteiger partial charge in [-0.05, 0) is 91.0 Å². The van der Waals surface area contributed by atoms with Gasteiger partial charge in [0, 0.05) is 30.6 Å². The average Bonchev–Trinajstić information content (AvgIpc) is 3.36. The summed E-state index contributed by atoms with van der Waals surface area (Å²) < 4.78 is 6.33. The normalized spacial score (nSPS) is 14.6. The molecular weight excluding hydrogens is 488 g/mol. The van der Waals surface area contributed by atoms with Crippen molar-refractivity contribution in [2.75, 3.05) is 18.4 Å². The number of anilines is 1. The number of nitrogens with one attached hydrogen (secondary N) is 1. The van der Waals surface area contributed by atoms with Gasteiger partial charge in [-0.15, -0.1) is 11.3 Å². The van der Waals surface area contributed by atoms with Crippen LogP contribution < -0.4 is 15.2 Å². The third kappa shape index (κ3) is 5.47. The van der Waals surface area contributed by atoms with E-state index in [-0.39, 0.29) is 0 Å². The van der Waals surface area contributed by atoms with E-state index in [1.54, 1.807) is 11.3 Å². The first kappa shape index (κ1) is 24.5. The van der Waals surface area contributed by atoms with Gasteiger partial charge in [0.05, 0.1) is 17.0 Å². The van der Waals surface area contributed by atoms with Crippen LogP contribution in [0.1, 0.15) is 35.1 Å². The van der Waals surface area contributed by atoms with Gasteiger partial charge in [0.2, 0.25) is 11.8 Å². The van der Waals surface area contributed by atoms with Gasteiger partial charge in [0.1, 0.15) is 10.6 Å². The monoisotopic (exact) mass is 516 g/mol. The molecule has 36 heavy (non-hydrogen) atoms. The first-order valence-electron chi connectivity index (χ1n) is 11.9. The third-order valence-corrected chi connectivity index (χ3v) is 7.82. The number of ether oxygens (including phenoxy) is 1. The Morgan fingerprint density at radius 1 is 1.14 bits per heavy atom. The van der Waals surface area contributed by atoms with Gasteiger partial charge in [-0.2, -0.15) is 10.2 Å². The zero-order chi connectivity index (χ0) is 25.1. The third-order valence-electron chi connectivity index (χ3n) is 6.46. The summed E-state index contributed by atoms with van der Waals surface area (Å²) in [7, 11) is 0. The fourth-order valence-electron chi connectivity index (χ4n) is 4.59. The lowest BCUT2D eigenvalue weighted by Crippen LogP contribution is -2.39. The molecule has 0 atom stereocenters. The van der Waals surface area contributed by atoms with Crippen molar-refractivity contribution in [3.8, 4) is 17.7 Å². The molecule has 184 valence electrons. The summed E-state index contributed by atoms with van der Waals surface area (Å²) in [5.74, 6) is 1.87. The number of nitrogens with zero attached hydrogens (tertiary/aromatic N) is 4. The Hall–Kier alpha value is -3.16. The minimum Gasteiger partial charge on any atom is -0.438 e. The zero-order valence-electron chi connectivity index (χ0n) is 20.3. The number of fused-ring (bicyclic) bond motifs is 1. The summed E-state index contributed by atoms with van der Waals surface area (Å²) in [5.41, 5.74) is 3.75. The number of nitrogens with two attached hydrogens (primary N) is 1. The standard InChI is InChI=1S/C27H28N6OS2/c1-17-13-20(15-28)14-18(2)24(17)34-25-23-9-12-35-26(23)32-27(31-25)30-21-7-10-33(11-8-21)16-19-3-5-22(36-29)6-4-19/h3-6,9,12-14,21H,7-8,10-11,16,29H2,1-2H3,(H,30,31,32). The largest absolute Gasteiger partial charge is 0.438 e. The second-order valence-corrected chi connectivity index (χ2v) is 10.7. The summed E-state index contributed by atoms with van der Waals surface area (Å²) >= 11 is 2.85. The van der Waals surface area contributed by atoms with Gasteiger partial charge >= 0.3 is 0 Å². The minimum atomic E-state index is 0.306. The van der Waals surface area contributed by atoms with Crippen LogP contribution in [0.5, 0.6) is 11.6 Å². The maximum atomic E-state index is 9.26. The van der Waals surface area contributed by atoms with Crippen LogP contribution in [-0.4, -0.2) is 34.0 Å². The van der Waals surface area contributed by atoms with E-state index in [2.05, 4.69) is 40.6 Å². The molecule has 1 saturated heterocycles. The van der Waals surface area contributed by atoms with Crippen LogP contribution in [-0.2, 0) is 6.54 Å². The van der Waals surface area contributed by atoms with Crippen LogP contribution >= 0.6 is 23.3 Å². The molecule has 1 aliphatic rings. The molecule has 2 aromatic carbocycles. The Balaban J connectivity index is 1.27. The predicted molar refractivity (Wildman–Crippen MR) is 147 cm³/mol. The van der Waals surface area contributed by atoms with Gasteiger partial charge in [-0.25, -0.2) is 4.98 Å². The van der Waals surface area contributed by atoms with Crippen molar-refractivity contribution in [1.29, 1.82) is 5.26 Å². The van der Waals surface area contributed by atoms with Gasteiger partial charge in [0.25, 0.3) is 0 Å². The summed E-state index contributed by atoms with van der Waals surface area (Å²) in [5, 5.41) is 21.3. The molecule has 0 amide bonds. The number of benzene rings is 2. The fraction of sp³-hybridized carbons (Fsp3) is 0.296. The van der Waals surface area contributed by atoms with Crippen molar-refractivity contribution in [3.05, 3.63) is 70.1 Å². The minimum absolute atomic E-state index is 0.306. The maximum Gasteiger partial charge on any atom is 0.232 e. The van der Waals surface area contributed by atoms with Crippen LogP contribution in [0.15, 0.2) is 52.7 Å². The van der Waals surface area contributed by atoms with E-state index in [1.165, 1.54) is 17.5 Å². The van der Waals surface area contributed by atoms with Crippen LogP contribution in [0.2, 0.25) is 0 Å². The van der Waals surface area contributed by atoms with Gasteiger partial charge < -0.3 is 10.1 Å².